The van der Waals surface area contributed by atoms with Crippen molar-refractivity contribution >= 4 is 12.1 Å². The van der Waals surface area contributed by atoms with Crippen LogP contribution in [0.3, 0.4) is 0 Å². The third-order valence-electron chi connectivity index (χ3n) is 12.7. The molecule has 6 rings (SSSR count). The number of aliphatic hydroxyl groups is 1. The van der Waals surface area contributed by atoms with Crippen molar-refractivity contribution in [1.29, 1.82) is 0 Å². The number of ether oxygens (including phenoxy) is 1. The van der Waals surface area contributed by atoms with E-state index in [1.165, 1.54) is 32.1 Å². The lowest BCUT2D eigenvalue weighted by molar-refractivity contribution is -0.203. The SMILES string of the molecule is CC(=O)O[C@H]1C[C@]2(O)[C@@H]3CCC4CC(CN5CCCN(C(=O)O)CC5)CC[C@]4(C)[C@H]3CC[C@]2(C)[C@H]1c1ccc(=O)oc1. The Labute approximate surface area is 248 Å². The highest BCUT2D eigenvalue weighted by atomic mass is 16.5. The van der Waals surface area contributed by atoms with Crippen LogP contribution in [-0.4, -0.2) is 76.5 Å². The summed E-state index contributed by atoms with van der Waals surface area (Å²) >= 11 is 0. The largest absolute Gasteiger partial charge is 0.465 e. The Morgan fingerprint density at radius 1 is 1.05 bits per heavy atom. The smallest absolute Gasteiger partial charge is 0.407 e. The fraction of sp³-hybridized carbons (Fsp3) is 0.788. The lowest BCUT2D eigenvalue weighted by Crippen LogP contribution is -2.62. The second kappa shape index (κ2) is 11.0. The van der Waals surface area contributed by atoms with Gasteiger partial charge in [-0.1, -0.05) is 13.8 Å². The molecule has 1 amide bonds. The Hall–Kier alpha value is -2.39. The number of esters is 1. The molecule has 9 heteroatoms. The van der Waals surface area contributed by atoms with Crippen molar-refractivity contribution in [2.24, 2.45) is 34.5 Å². The summed E-state index contributed by atoms with van der Waals surface area (Å²) in [6, 6.07) is 3.20. The first-order chi connectivity index (χ1) is 19.9. The molecule has 4 saturated carbocycles. The highest BCUT2D eigenvalue weighted by molar-refractivity contribution is 5.66. The van der Waals surface area contributed by atoms with E-state index in [1.807, 2.05) is 0 Å². The minimum Gasteiger partial charge on any atom is -0.465 e. The second-order valence-corrected chi connectivity index (χ2v) is 14.7. The molecule has 0 spiro atoms. The van der Waals surface area contributed by atoms with Crippen LogP contribution in [0.4, 0.5) is 4.79 Å². The summed E-state index contributed by atoms with van der Waals surface area (Å²) in [7, 11) is 0. The average Bonchev–Trinajstić information content (AvgIpc) is 3.05. The van der Waals surface area contributed by atoms with Crippen LogP contribution < -0.4 is 5.63 Å². The Morgan fingerprint density at radius 3 is 2.57 bits per heavy atom. The zero-order chi connectivity index (χ0) is 29.9. The Kier molecular flexibility index (Phi) is 7.74. The van der Waals surface area contributed by atoms with Crippen molar-refractivity contribution in [1.82, 2.24) is 9.80 Å². The van der Waals surface area contributed by atoms with Crippen LogP contribution in [0.1, 0.15) is 90.0 Å². The summed E-state index contributed by atoms with van der Waals surface area (Å²) in [5, 5.41) is 22.2. The van der Waals surface area contributed by atoms with Crippen molar-refractivity contribution < 1.29 is 29.0 Å². The predicted octanol–water partition coefficient (Wildman–Crippen LogP) is 4.72. The minimum absolute atomic E-state index is 0.139. The van der Waals surface area contributed by atoms with Gasteiger partial charge in [0, 0.05) is 56.9 Å². The molecule has 4 aliphatic carbocycles. The molecule has 232 valence electrons. The van der Waals surface area contributed by atoms with E-state index < -0.39 is 28.8 Å². The van der Waals surface area contributed by atoms with E-state index >= 15 is 0 Å². The number of fused-ring (bicyclic) bond motifs is 5. The first-order valence-electron chi connectivity index (χ1n) is 16.1. The number of hydrogen-bond donors (Lipinski definition) is 2. The van der Waals surface area contributed by atoms with Gasteiger partial charge >= 0.3 is 17.7 Å². The molecule has 1 saturated heterocycles. The van der Waals surface area contributed by atoms with Crippen molar-refractivity contribution in [3.8, 4) is 0 Å². The van der Waals surface area contributed by atoms with E-state index in [4.69, 9.17) is 9.15 Å². The molecule has 5 fully saturated rings. The summed E-state index contributed by atoms with van der Waals surface area (Å²) in [6.45, 7) is 10.1. The van der Waals surface area contributed by atoms with Gasteiger partial charge in [-0.25, -0.2) is 9.59 Å². The topological polar surface area (TPSA) is 121 Å². The summed E-state index contributed by atoms with van der Waals surface area (Å²) in [4.78, 5) is 39.4. The minimum atomic E-state index is -0.969. The highest BCUT2D eigenvalue weighted by Gasteiger charge is 2.70. The molecule has 9 nitrogen and oxygen atoms in total. The van der Waals surface area contributed by atoms with Crippen LogP contribution in [0, 0.1) is 34.5 Å². The maximum atomic E-state index is 12.8. The van der Waals surface area contributed by atoms with E-state index in [2.05, 4.69) is 18.7 Å². The zero-order valence-electron chi connectivity index (χ0n) is 25.4. The standard InChI is InChI=1S/C33H48N2O7/c1-21(36)42-27-18-33(40)26-7-6-24-17-22(19-34-13-4-14-35(16-15-34)30(38)39)9-11-31(24,2)25(26)10-12-32(33,3)29(27)23-5-8-28(37)41-20-23/h5,8,20,22,24-27,29,40H,4,6-7,9-19H2,1-3H3,(H,38,39)/t22?,24?,25-,26+,27-,29-,31-,32+,33-/m0/s1. The number of carbonyl (C=O) groups excluding carboxylic acids is 1. The molecule has 42 heavy (non-hydrogen) atoms. The van der Waals surface area contributed by atoms with Gasteiger partial charge in [0.25, 0.3) is 0 Å². The molecule has 1 aliphatic heterocycles. The summed E-state index contributed by atoms with van der Waals surface area (Å²) in [5.74, 6) is 1.23. The first kappa shape index (κ1) is 29.7. The summed E-state index contributed by atoms with van der Waals surface area (Å²) in [5.41, 5.74) is -0.887. The molecule has 9 atom stereocenters. The van der Waals surface area contributed by atoms with Gasteiger partial charge in [0.1, 0.15) is 6.10 Å². The van der Waals surface area contributed by atoms with E-state index in [9.17, 15) is 24.6 Å². The molecule has 5 aliphatic rings. The van der Waals surface area contributed by atoms with Crippen LogP contribution in [0.2, 0.25) is 0 Å². The van der Waals surface area contributed by atoms with E-state index in [1.54, 1.807) is 11.0 Å². The van der Waals surface area contributed by atoms with Gasteiger partial charge in [0.2, 0.25) is 0 Å². The van der Waals surface area contributed by atoms with Gasteiger partial charge in [-0.2, -0.15) is 0 Å². The quantitative estimate of drug-likeness (QED) is 0.488. The monoisotopic (exact) mass is 584 g/mol. The van der Waals surface area contributed by atoms with Crippen molar-refractivity contribution in [3.63, 3.8) is 0 Å². The van der Waals surface area contributed by atoms with Gasteiger partial charge in [-0.15, -0.1) is 0 Å². The summed E-state index contributed by atoms with van der Waals surface area (Å²) in [6.07, 6.45) is 9.03. The van der Waals surface area contributed by atoms with Crippen LogP contribution in [-0.2, 0) is 9.53 Å². The van der Waals surface area contributed by atoms with Gasteiger partial charge in [0.15, 0.2) is 0 Å². The predicted molar refractivity (Wildman–Crippen MR) is 156 cm³/mol. The van der Waals surface area contributed by atoms with Gasteiger partial charge in [-0.05, 0) is 98.6 Å². The van der Waals surface area contributed by atoms with Gasteiger partial charge in [-0.3, -0.25) is 4.79 Å². The molecule has 2 N–H and O–H groups in total. The Balaban J connectivity index is 1.19. The van der Waals surface area contributed by atoms with E-state index in [0.29, 0.717) is 37.3 Å². The molecule has 1 aromatic rings. The lowest BCUT2D eigenvalue weighted by Gasteiger charge is -2.63. The third-order valence-corrected chi connectivity index (χ3v) is 12.7. The van der Waals surface area contributed by atoms with Crippen LogP contribution in [0.25, 0.3) is 0 Å². The van der Waals surface area contributed by atoms with E-state index in [0.717, 1.165) is 63.7 Å². The fourth-order valence-electron chi connectivity index (χ4n) is 10.7. The lowest BCUT2D eigenvalue weighted by atomic mass is 9.43. The van der Waals surface area contributed by atoms with Gasteiger partial charge < -0.3 is 29.2 Å². The molecule has 0 radical (unpaired) electrons. The number of carbonyl (C=O) groups is 2. The average molecular weight is 585 g/mol. The van der Waals surface area contributed by atoms with Gasteiger partial charge in [0.05, 0.1) is 11.9 Å². The number of hydrogen-bond acceptors (Lipinski definition) is 7. The molecule has 0 bridgehead atoms. The molecule has 2 heterocycles. The van der Waals surface area contributed by atoms with Crippen molar-refractivity contribution in [2.75, 3.05) is 32.7 Å². The fourth-order valence-corrected chi connectivity index (χ4v) is 10.7. The molecular formula is C33H48N2O7. The van der Waals surface area contributed by atoms with Crippen molar-refractivity contribution in [3.05, 3.63) is 34.4 Å². The maximum absolute atomic E-state index is 12.8. The molecule has 1 aromatic heterocycles. The maximum Gasteiger partial charge on any atom is 0.407 e. The first-order valence-corrected chi connectivity index (χ1v) is 16.1. The zero-order valence-corrected chi connectivity index (χ0v) is 25.4. The second-order valence-electron chi connectivity index (χ2n) is 14.7. The van der Waals surface area contributed by atoms with Crippen LogP contribution in [0.15, 0.2) is 27.6 Å². The molecule has 0 aromatic carbocycles. The summed E-state index contributed by atoms with van der Waals surface area (Å²) < 4.78 is 11.2. The molecule has 2 unspecified atom stereocenters. The van der Waals surface area contributed by atoms with Crippen molar-refractivity contribution in [2.45, 2.75) is 96.2 Å². The van der Waals surface area contributed by atoms with Crippen LogP contribution in [0.5, 0.6) is 0 Å². The number of amides is 1. The Bertz CT molecular complexity index is 1230. The number of rotatable bonds is 4. The van der Waals surface area contributed by atoms with Crippen LogP contribution >= 0.6 is 0 Å². The Morgan fingerprint density at radius 2 is 1.86 bits per heavy atom. The third kappa shape index (κ3) is 4.88. The number of nitrogens with zero attached hydrogens (tertiary/aromatic N) is 2. The molecular weight excluding hydrogens is 536 g/mol. The normalized spacial score (nSPS) is 42.1. The number of carboxylic acid groups (broad SMARTS) is 1. The highest BCUT2D eigenvalue weighted by Crippen LogP contribution is 2.71. The van der Waals surface area contributed by atoms with E-state index in [-0.39, 0.29) is 23.2 Å².